The lowest BCUT2D eigenvalue weighted by Gasteiger charge is -2.41. The molecule has 0 unspecified atom stereocenters. The smallest absolute Gasteiger partial charge is 0.426 e. The monoisotopic (exact) mass is 1800 g/mol. The lowest BCUT2D eigenvalue weighted by molar-refractivity contribution is -0.0673. The third-order valence-corrected chi connectivity index (χ3v) is 30.0. The first kappa shape index (κ1) is 103. The van der Waals surface area contributed by atoms with E-state index in [4.69, 9.17) is 54.3 Å². The van der Waals surface area contributed by atoms with Crippen LogP contribution in [0.5, 0.6) is 28.7 Å². The van der Waals surface area contributed by atoms with E-state index < -0.39 is 39.8 Å². The van der Waals surface area contributed by atoms with Gasteiger partial charge in [0.15, 0.2) is 0 Å². The zero-order valence-corrected chi connectivity index (χ0v) is 86.0. The van der Waals surface area contributed by atoms with Crippen LogP contribution in [0, 0.1) is 10.8 Å². The quantitative estimate of drug-likeness (QED) is 0.0719. The highest BCUT2D eigenvalue weighted by Crippen LogP contribution is 2.59. The van der Waals surface area contributed by atoms with Crippen LogP contribution in [0.4, 0.5) is 0 Å². The lowest BCUT2D eigenvalue weighted by Crippen LogP contribution is -2.45. The Morgan fingerprint density at radius 2 is 0.591 bits per heavy atom. The molecule has 12 nitrogen and oxygen atoms in total. The molecule has 4 aliphatic heterocycles. The van der Waals surface area contributed by atoms with Crippen molar-refractivity contribution in [2.24, 2.45) is 10.8 Å². The van der Waals surface area contributed by atoms with Crippen molar-refractivity contribution in [2.75, 3.05) is 46.8 Å². The molecule has 0 radical (unpaired) electrons. The van der Waals surface area contributed by atoms with Crippen LogP contribution in [-0.2, 0) is 97.7 Å². The molecule has 4 aliphatic rings. The van der Waals surface area contributed by atoms with E-state index in [1.54, 1.807) is 7.11 Å². The molecule has 0 bridgehead atoms. The molecule has 127 heavy (non-hydrogen) atoms. The summed E-state index contributed by atoms with van der Waals surface area (Å²) in [7, 11) is -4.65. The van der Waals surface area contributed by atoms with Crippen molar-refractivity contribution in [1.82, 2.24) is 0 Å². The van der Waals surface area contributed by atoms with Crippen LogP contribution in [-0.4, -0.2) is 46.8 Å². The highest BCUT2D eigenvalue weighted by Gasteiger charge is 2.47. The van der Waals surface area contributed by atoms with E-state index in [0.29, 0.717) is 26.4 Å². The molecule has 3 saturated heterocycles. The first-order valence-electron chi connectivity index (χ1n) is 45.6. The molecule has 9 aromatic carbocycles. The maximum atomic E-state index is 6.66. The van der Waals surface area contributed by atoms with Crippen molar-refractivity contribution in [3.63, 3.8) is 0 Å². The number of fused-ring (bicyclic) bond motifs is 2. The maximum absolute atomic E-state index is 6.66. The van der Waals surface area contributed by atoms with Crippen LogP contribution in [0.2, 0.25) is 0 Å². The molecular formula is C111H154O12P4. The topological polar surface area (TPSA) is 111 Å². The zero-order valence-electron chi connectivity index (χ0n) is 82.4. The van der Waals surface area contributed by atoms with Crippen LogP contribution < -0.4 is 22.6 Å². The van der Waals surface area contributed by atoms with E-state index in [-0.39, 0.29) is 72.4 Å². The van der Waals surface area contributed by atoms with Gasteiger partial charge in [-0.25, -0.2) is 0 Å². The molecular weight excluding hydrogens is 1650 g/mol. The van der Waals surface area contributed by atoms with E-state index in [1.807, 2.05) is 0 Å². The Bertz CT molecular complexity index is 4810. The maximum Gasteiger partial charge on any atom is 0.462 e. The average molecular weight is 1800 g/mol. The second kappa shape index (κ2) is 40.1. The van der Waals surface area contributed by atoms with Crippen molar-refractivity contribution in [3.05, 3.63) is 289 Å². The predicted molar refractivity (Wildman–Crippen MR) is 535 cm³/mol. The molecule has 690 valence electrons. The van der Waals surface area contributed by atoms with Gasteiger partial charge in [-0.15, -0.1) is 0 Å². The third-order valence-electron chi connectivity index (χ3n) is 26.0. The summed E-state index contributed by atoms with van der Waals surface area (Å²) in [6, 6.07) is 69.5. The normalized spacial score (nSPS) is 19.4. The molecule has 1 spiro atoms. The average Bonchev–Trinajstić information content (AvgIpc) is 0.722. The van der Waals surface area contributed by atoms with Crippen molar-refractivity contribution in [3.8, 4) is 28.7 Å². The van der Waals surface area contributed by atoms with E-state index in [9.17, 15) is 0 Å². The van der Waals surface area contributed by atoms with Crippen molar-refractivity contribution >= 4 is 34.4 Å². The molecule has 4 heterocycles. The van der Waals surface area contributed by atoms with Gasteiger partial charge in [0.05, 0.1) is 45.1 Å². The molecule has 0 amide bonds. The fourth-order valence-corrected chi connectivity index (χ4v) is 21.3. The molecule has 0 saturated carbocycles. The van der Waals surface area contributed by atoms with Gasteiger partial charge in [-0.05, 0) is 124 Å². The zero-order chi connectivity index (χ0) is 92.4. The van der Waals surface area contributed by atoms with Crippen molar-refractivity contribution in [1.29, 1.82) is 0 Å². The first-order chi connectivity index (χ1) is 58.6. The van der Waals surface area contributed by atoms with E-state index in [0.717, 1.165) is 72.4 Å². The van der Waals surface area contributed by atoms with Crippen LogP contribution in [0.3, 0.4) is 0 Å². The van der Waals surface area contributed by atoms with Crippen molar-refractivity contribution in [2.45, 2.75) is 314 Å². The molecule has 16 heteroatoms. The van der Waals surface area contributed by atoms with Gasteiger partial charge >= 0.3 is 34.4 Å². The highest BCUT2D eigenvalue weighted by molar-refractivity contribution is 7.43. The summed E-state index contributed by atoms with van der Waals surface area (Å²) in [5.41, 5.74) is 19.2. The van der Waals surface area contributed by atoms with Gasteiger partial charge in [0, 0.05) is 74.0 Å². The second-order valence-corrected chi connectivity index (χ2v) is 49.5. The number of hydrogen-bond acceptors (Lipinski definition) is 12. The van der Waals surface area contributed by atoms with Gasteiger partial charge in [-0.3, -0.25) is 4.52 Å². The number of unbranched alkanes of at least 4 members (excludes halogenated alkanes) is 1. The molecule has 0 atom stereocenters. The molecule has 0 N–H and O–H groups in total. The Labute approximate surface area is 772 Å². The standard InChI is InChI=1S/C53H58O6P2.C30H45O3P.C27H47O3P.CH4/c1-49(2,39-21-13-9-14-22-39)43-29-31-47(45(33-43)51(5,6)41-25-17-11-18-26-41)58-60-54-35-53(36-55-60)37-56-61(57-38-53)59-48-32-30-44(50(3,4)40-23-15-10-16-24-40)34-46(48)52(7,8)42-27-19-12-20-28-42;1-27(2,3)21-15-19-14-20-16-22(28(4,5)6)18-24(30(10,11)12)26(20)33-34(31-13)32-25(19)23(17-21)29(7,8)9;1-12-14-15-27(13-2)18-28-31(29-19-27)30-23-21(25(6,7)8)16-20(24(3,4)5)17-22(23)26(9,10)11;/h9-34H,35-38H2,1-8H3;15-18H,14H2,1-13H3;16-17H,12-15,18-19H2,1-11H3;1H4. The summed E-state index contributed by atoms with van der Waals surface area (Å²) < 4.78 is 76.9. The van der Waals surface area contributed by atoms with Crippen LogP contribution in [0.15, 0.2) is 194 Å². The Balaban J connectivity index is 0.000000216. The van der Waals surface area contributed by atoms with Crippen LogP contribution in [0.1, 0.15) is 342 Å². The summed E-state index contributed by atoms with van der Waals surface area (Å²) in [6.07, 6.45) is 5.42. The predicted octanol–water partition coefficient (Wildman–Crippen LogP) is 32.5. The lowest BCUT2D eigenvalue weighted by atomic mass is 9.73. The number of rotatable bonds is 19. The van der Waals surface area contributed by atoms with Crippen LogP contribution in [0.25, 0.3) is 0 Å². The molecule has 3 fully saturated rings. The van der Waals surface area contributed by atoms with E-state index in [2.05, 4.69) is 409 Å². The molecule has 13 rings (SSSR count). The summed E-state index contributed by atoms with van der Waals surface area (Å²) >= 11 is 0. The molecule has 9 aromatic rings. The fourth-order valence-electron chi connectivity index (χ4n) is 16.6. The van der Waals surface area contributed by atoms with Gasteiger partial charge in [-0.2, -0.15) is 0 Å². The molecule has 0 aromatic heterocycles. The third kappa shape index (κ3) is 24.5. The van der Waals surface area contributed by atoms with E-state index in [1.165, 1.54) is 96.3 Å². The van der Waals surface area contributed by atoms with E-state index >= 15 is 0 Å². The molecule has 0 aliphatic carbocycles. The summed E-state index contributed by atoms with van der Waals surface area (Å²) in [5.74, 6) is 4.29. The van der Waals surface area contributed by atoms with Crippen LogP contribution >= 0.6 is 34.4 Å². The van der Waals surface area contributed by atoms with Gasteiger partial charge in [0.2, 0.25) is 0 Å². The Morgan fingerprint density at radius 1 is 0.299 bits per heavy atom. The Hall–Kier alpha value is -6.58. The minimum Gasteiger partial charge on any atom is -0.426 e. The Kier molecular flexibility index (Phi) is 32.4. The summed E-state index contributed by atoms with van der Waals surface area (Å²) in [4.78, 5) is 0. The summed E-state index contributed by atoms with van der Waals surface area (Å²) in [5, 5.41) is 0. The summed E-state index contributed by atoms with van der Waals surface area (Å²) in [6.45, 7) is 73.1. The fraction of sp³-hybridized carbons (Fsp3) is 0.514. The first-order valence-corrected chi connectivity index (χ1v) is 50.0. The minimum atomic E-state index is -1.67. The second-order valence-electron chi connectivity index (χ2n) is 44.9. The minimum absolute atomic E-state index is 0. The number of benzene rings is 9. The van der Waals surface area contributed by atoms with Gasteiger partial charge in [-0.1, -0.05) is 417 Å². The van der Waals surface area contributed by atoms with Gasteiger partial charge in [0.25, 0.3) is 0 Å². The van der Waals surface area contributed by atoms with Gasteiger partial charge in [0.1, 0.15) is 28.7 Å². The number of hydrogen-bond donors (Lipinski definition) is 0. The van der Waals surface area contributed by atoms with Crippen molar-refractivity contribution < 1.29 is 54.3 Å². The van der Waals surface area contributed by atoms with Gasteiger partial charge < -0.3 is 49.8 Å². The highest BCUT2D eigenvalue weighted by atomic mass is 31.2. The Morgan fingerprint density at radius 3 is 0.890 bits per heavy atom. The largest absolute Gasteiger partial charge is 0.462 e. The SMILES string of the molecule is C.CC(C)(c1ccccc1)c1ccc(OP2OCC3(CO2)COP(Oc2ccc(C(C)(C)c4ccccc4)cc2C(C)(C)c2ccccc2)OC3)c(C(C)(C)c2ccccc2)c1.CCCCC1(CC)COP(Oc2c(C(C)(C)C)cc(C(C)(C)C)cc2C(C)(C)C)OC1.COP1Oc2c(cc(C(C)(C)C)cc2C(C)(C)C)Cc2cc(C(C)(C)C)cc(C(C)(C)C)c2O1.